The zero-order valence-corrected chi connectivity index (χ0v) is 15.2. The van der Waals surface area contributed by atoms with E-state index in [1.165, 1.54) is 12.1 Å². The fourth-order valence-electron chi connectivity index (χ4n) is 3.40. The molecule has 1 aliphatic heterocycles. The van der Waals surface area contributed by atoms with Gasteiger partial charge in [-0.3, -0.25) is 4.79 Å². The molecule has 1 aliphatic rings. The van der Waals surface area contributed by atoms with Gasteiger partial charge in [0.2, 0.25) is 5.91 Å². The topological polar surface area (TPSA) is 66.8 Å². The number of halogens is 1. The predicted molar refractivity (Wildman–Crippen MR) is 98.7 cm³/mol. The number of likely N-dealkylation sites (tertiary alicyclic amines) is 1. The van der Waals surface area contributed by atoms with Gasteiger partial charge in [-0.2, -0.15) is 0 Å². The Bertz CT molecular complexity index is 844. The van der Waals surface area contributed by atoms with E-state index in [1.807, 2.05) is 0 Å². The van der Waals surface area contributed by atoms with E-state index in [0.29, 0.717) is 30.0 Å². The van der Waals surface area contributed by atoms with Crippen LogP contribution >= 0.6 is 0 Å². The van der Waals surface area contributed by atoms with Crippen LogP contribution in [0.25, 0.3) is 0 Å². The lowest BCUT2D eigenvalue weighted by atomic mass is 9.86. The number of aromatic carboxylic acids is 1. The van der Waals surface area contributed by atoms with Crippen LogP contribution in [0.15, 0.2) is 48.5 Å². The third-order valence-corrected chi connectivity index (χ3v) is 5.03. The monoisotopic (exact) mass is 371 g/mol. The lowest BCUT2D eigenvalue weighted by Gasteiger charge is -2.37. The van der Waals surface area contributed by atoms with Gasteiger partial charge in [0.25, 0.3) is 0 Å². The number of carboxylic acids is 1. The first-order chi connectivity index (χ1) is 12.9. The normalized spacial score (nSPS) is 16.0. The van der Waals surface area contributed by atoms with Crippen molar-refractivity contribution in [1.82, 2.24) is 4.90 Å². The largest absolute Gasteiger partial charge is 0.497 e. The average molecular weight is 371 g/mol. The number of carbonyl (C=O) groups excluding carboxylic acids is 1. The van der Waals surface area contributed by atoms with Crippen molar-refractivity contribution < 1.29 is 23.8 Å². The summed E-state index contributed by atoms with van der Waals surface area (Å²) in [6, 6.07) is 13.3. The molecule has 0 spiro atoms. The van der Waals surface area contributed by atoms with Gasteiger partial charge in [0.1, 0.15) is 11.4 Å². The molecule has 5 nitrogen and oxygen atoms in total. The van der Waals surface area contributed by atoms with E-state index < -0.39 is 11.6 Å². The van der Waals surface area contributed by atoms with Gasteiger partial charge in [0.15, 0.2) is 0 Å². The summed E-state index contributed by atoms with van der Waals surface area (Å²) in [5.74, 6) is -0.533. The molecular weight excluding hydrogens is 349 g/mol. The first-order valence-corrected chi connectivity index (χ1v) is 8.85. The fourth-order valence-corrected chi connectivity index (χ4v) is 3.40. The minimum absolute atomic E-state index is 0.111. The number of methoxy groups -OCH3 is 1. The molecule has 1 N–H and O–H groups in total. The average Bonchev–Trinajstić information content (AvgIpc) is 2.68. The van der Waals surface area contributed by atoms with E-state index in [9.17, 15) is 9.59 Å². The minimum Gasteiger partial charge on any atom is -0.497 e. The van der Waals surface area contributed by atoms with Crippen LogP contribution in [-0.2, 0) is 16.9 Å². The molecule has 142 valence electrons. The number of nitrogens with zero attached hydrogens (tertiary/aromatic N) is 1. The molecule has 0 saturated carbocycles. The van der Waals surface area contributed by atoms with Gasteiger partial charge in [0.05, 0.1) is 19.1 Å². The maximum Gasteiger partial charge on any atom is 0.335 e. The second-order valence-electron chi connectivity index (χ2n) is 6.76. The van der Waals surface area contributed by atoms with E-state index in [-0.39, 0.29) is 30.7 Å². The molecule has 27 heavy (non-hydrogen) atoms. The number of ether oxygens (including phenoxy) is 1. The number of benzene rings is 2. The summed E-state index contributed by atoms with van der Waals surface area (Å²) in [6.45, 7) is 0.649. The summed E-state index contributed by atoms with van der Waals surface area (Å²) in [7, 11) is 1.55. The van der Waals surface area contributed by atoms with Crippen LogP contribution in [0.4, 0.5) is 4.39 Å². The van der Waals surface area contributed by atoms with Gasteiger partial charge in [-0.25, -0.2) is 9.18 Å². The van der Waals surface area contributed by atoms with Gasteiger partial charge in [-0.15, -0.1) is 0 Å². The van der Waals surface area contributed by atoms with Crippen molar-refractivity contribution in [2.24, 2.45) is 0 Å². The van der Waals surface area contributed by atoms with Crippen LogP contribution in [0.1, 0.15) is 34.3 Å². The minimum atomic E-state index is -1.48. The predicted octanol–water partition coefficient (Wildman–Crippen LogP) is 3.42. The van der Waals surface area contributed by atoms with Crippen molar-refractivity contribution in [3.8, 4) is 5.75 Å². The number of carbonyl (C=O) groups is 2. The zero-order valence-electron chi connectivity index (χ0n) is 15.2. The Morgan fingerprint density at radius 3 is 2.52 bits per heavy atom. The zero-order chi connectivity index (χ0) is 19.4. The van der Waals surface area contributed by atoms with E-state index >= 15 is 4.39 Å². The van der Waals surface area contributed by atoms with Gasteiger partial charge >= 0.3 is 5.97 Å². The van der Waals surface area contributed by atoms with E-state index in [4.69, 9.17) is 9.84 Å². The quantitative estimate of drug-likeness (QED) is 0.875. The van der Waals surface area contributed by atoms with Gasteiger partial charge < -0.3 is 14.7 Å². The molecule has 0 radical (unpaired) electrons. The van der Waals surface area contributed by atoms with E-state index in [0.717, 1.165) is 0 Å². The number of alkyl halides is 1. The van der Waals surface area contributed by atoms with Crippen molar-refractivity contribution in [2.45, 2.75) is 24.9 Å². The lowest BCUT2D eigenvalue weighted by molar-refractivity contribution is -0.133. The molecule has 1 amide bonds. The Morgan fingerprint density at radius 2 is 1.85 bits per heavy atom. The highest BCUT2D eigenvalue weighted by Gasteiger charge is 2.37. The first-order valence-electron chi connectivity index (χ1n) is 8.85. The summed E-state index contributed by atoms with van der Waals surface area (Å²) >= 11 is 0. The van der Waals surface area contributed by atoms with Crippen molar-refractivity contribution in [1.29, 1.82) is 0 Å². The van der Waals surface area contributed by atoms with Crippen molar-refractivity contribution >= 4 is 11.9 Å². The SMILES string of the molecule is COc1cccc(C2(F)CCN(C(=O)Cc3cccc(C(=O)O)c3)CC2)c1. The highest BCUT2D eigenvalue weighted by Crippen LogP contribution is 2.38. The summed E-state index contributed by atoms with van der Waals surface area (Å²) in [5, 5.41) is 9.05. The maximum atomic E-state index is 15.4. The van der Waals surface area contributed by atoms with Crippen LogP contribution in [0.3, 0.4) is 0 Å². The van der Waals surface area contributed by atoms with Crippen LogP contribution in [0.2, 0.25) is 0 Å². The van der Waals surface area contributed by atoms with Gasteiger partial charge in [0, 0.05) is 25.9 Å². The fraction of sp³-hybridized carbons (Fsp3) is 0.333. The molecule has 1 heterocycles. The lowest BCUT2D eigenvalue weighted by Crippen LogP contribution is -2.44. The van der Waals surface area contributed by atoms with E-state index in [2.05, 4.69) is 0 Å². The third-order valence-electron chi connectivity index (χ3n) is 5.03. The highest BCUT2D eigenvalue weighted by molar-refractivity contribution is 5.88. The molecule has 6 heteroatoms. The number of carboxylic acid groups (broad SMARTS) is 1. The Labute approximate surface area is 157 Å². The van der Waals surface area contributed by atoms with Crippen LogP contribution < -0.4 is 4.74 Å². The summed E-state index contributed by atoms with van der Waals surface area (Å²) < 4.78 is 20.5. The molecule has 3 rings (SSSR count). The number of rotatable bonds is 5. The Balaban J connectivity index is 1.63. The molecule has 2 aromatic rings. The maximum absolute atomic E-state index is 15.4. The van der Waals surface area contributed by atoms with Crippen molar-refractivity contribution in [3.63, 3.8) is 0 Å². The summed E-state index contributed by atoms with van der Waals surface area (Å²) in [4.78, 5) is 25.2. The molecular formula is C21H22FNO4. The summed E-state index contributed by atoms with van der Waals surface area (Å²) in [5.41, 5.74) is -0.109. The number of hydrogen-bond acceptors (Lipinski definition) is 3. The Hall–Kier alpha value is -2.89. The summed E-state index contributed by atoms with van der Waals surface area (Å²) in [6.07, 6.45) is 0.557. The molecule has 1 saturated heterocycles. The molecule has 1 fully saturated rings. The number of amides is 1. The molecule has 0 bridgehead atoms. The smallest absolute Gasteiger partial charge is 0.335 e. The van der Waals surface area contributed by atoms with Crippen molar-refractivity contribution in [2.75, 3.05) is 20.2 Å². The molecule has 2 aromatic carbocycles. The van der Waals surface area contributed by atoms with Crippen molar-refractivity contribution in [3.05, 3.63) is 65.2 Å². The van der Waals surface area contributed by atoms with E-state index in [1.54, 1.807) is 48.4 Å². The second kappa shape index (κ2) is 7.78. The Kier molecular flexibility index (Phi) is 5.44. The third kappa shape index (κ3) is 4.27. The molecule has 0 unspecified atom stereocenters. The van der Waals surface area contributed by atoms with Crippen LogP contribution in [0.5, 0.6) is 5.75 Å². The number of hydrogen-bond donors (Lipinski definition) is 1. The molecule has 0 aliphatic carbocycles. The van der Waals surface area contributed by atoms with Gasteiger partial charge in [-0.05, 0) is 35.4 Å². The first kappa shape index (κ1) is 18.9. The van der Waals surface area contributed by atoms with Crippen LogP contribution in [0, 0.1) is 0 Å². The van der Waals surface area contributed by atoms with Gasteiger partial charge in [-0.1, -0.05) is 24.3 Å². The highest BCUT2D eigenvalue weighted by atomic mass is 19.1. The Morgan fingerprint density at radius 1 is 1.15 bits per heavy atom. The van der Waals surface area contributed by atoms with Crippen LogP contribution in [-0.4, -0.2) is 42.1 Å². The molecule has 0 atom stereocenters. The second-order valence-corrected chi connectivity index (χ2v) is 6.76. The standard InChI is InChI=1S/C21H22FNO4/c1-27-18-7-3-6-17(14-18)21(22)8-10-23(11-9-21)19(24)13-15-4-2-5-16(12-15)20(25)26/h2-7,12,14H,8-11,13H2,1H3,(H,25,26). The molecule has 0 aromatic heterocycles. The number of piperidine rings is 1.